The van der Waals surface area contributed by atoms with Crippen LogP contribution in [0.3, 0.4) is 0 Å². The molecule has 0 amide bonds. The van der Waals surface area contributed by atoms with Gasteiger partial charge in [0, 0.05) is 37.0 Å². The highest BCUT2D eigenvalue weighted by molar-refractivity contribution is 5.87. The molecule has 3 rings (SSSR count). The Hall–Kier alpha value is -2.43. The van der Waals surface area contributed by atoms with Gasteiger partial charge in [0.1, 0.15) is 5.60 Å². The first-order valence-electron chi connectivity index (χ1n) is 10.6. The number of carbonyl (C=O) groups is 1. The SMILES string of the molecule is CC1CC(OC(=O)/C=C/c2ccccc2)(c2ccccc2)C(C)(CN(C)C)CN1C. The average molecular weight is 407 g/mol. The number of nitrogens with zero attached hydrogens (tertiary/aromatic N) is 2. The van der Waals surface area contributed by atoms with E-state index in [1.165, 1.54) is 0 Å². The minimum atomic E-state index is -0.706. The third-order valence-corrected chi connectivity index (χ3v) is 6.30. The standard InChI is InChI=1S/C26H34N2O2/c1-21-18-26(23-14-10-7-11-15-23,25(2,19-27(3)4)20-28(21)5)30-24(29)17-16-22-12-8-6-9-13-22/h6-17,21H,18-20H2,1-5H3/b17-16+. The normalized spacial score (nSPS) is 27.5. The number of carbonyl (C=O) groups excluding carboxylic acids is 1. The molecule has 4 heteroatoms. The Labute approximate surface area is 181 Å². The number of likely N-dealkylation sites (tertiary alicyclic amines) is 1. The van der Waals surface area contributed by atoms with Gasteiger partial charge in [0.25, 0.3) is 0 Å². The second-order valence-electron chi connectivity index (χ2n) is 9.12. The van der Waals surface area contributed by atoms with Crippen LogP contribution in [0.2, 0.25) is 0 Å². The molecule has 0 bridgehead atoms. The maximum atomic E-state index is 13.1. The largest absolute Gasteiger partial charge is 0.450 e. The van der Waals surface area contributed by atoms with Gasteiger partial charge >= 0.3 is 5.97 Å². The van der Waals surface area contributed by atoms with Crippen molar-refractivity contribution in [2.75, 3.05) is 34.2 Å². The zero-order valence-corrected chi connectivity index (χ0v) is 18.8. The first-order chi connectivity index (χ1) is 14.3. The van der Waals surface area contributed by atoms with E-state index in [0.717, 1.165) is 30.6 Å². The Morgan fingerprint density at radius 1 is 1.13 bits per heavy atom. The summed E-state index contributed by atoms with van der Waals surface area (Å²) in [5.41, 5.74) is 1.07. The van der Waals surface area contributed by atoms with Gasteiger partial charge in [-0.15, -0.1) is 0 Å². The molecule has 1 aliphatic rings. The average Bonchev–Trinajstić information content (AvgIpc) is 2.71. The fourth-order valence-electron chi connectivity index (χ4n) is 4.86. The van der Waals surface area contributed by atoms with Gasteiger partial charge in [0.15, 0.2) is 0 Å². The van der Waals surface area contributed by atoms with Crippen molar-refractivity contribution in [3.05, 3.63) is 77.9 Å². The maximum Gasteiger partial charge on any atom is 0.331 e. The third kappa shape index (κ3) is 4.66. The lowest BCUT2D eigenvalue weighted by Crippen LogP contribution is -2.63. The molecule has 1 heterocycles. The Kier molecular flexibility index (Phi) is 6.79. The molecule has 2 aromatic rings. The van der Waals surface area contributed by atoms with E-state index in [-0.39, 0.29) is 11.4 Å². The highest BCUT2D eigenvalue weighted by Gasteiger charge is 2.56. The van der Waals surface area contributed by atoms with Gasteiger partial charge in [0.05, 0.1) is 0 Å². The molecule has 30 heavy (non-hydrogen) atoms. The van der Waals surface area contributed by atoms with E-state index in [0.29, 0.717) is 6.04 Å². The van der Waals surface area contributed by atoms with Crippen LogP contribution in [0.1, 0.15) is 31.4 Å². The highest BCUT2D eigenvalue weighted by Crippen LogP contribution is 2.51. The smallest absolute Gasteiger partial charge is 0.331 e. The quantitative estimate of drug-likeness (QED) is 0.525. The molecule has 3 unspecified atom stereocenters. The van der Waals surface area contributed by atoms with Crippen molar-refractivity contribution in [1.82, 2.24) is 9.80 Å². The fourth-order valence-corrected chi connectivity index (χ4v) is 4.86. The minimum Gasteiger partial charge on any atom is -0.450 e. The molecule has 0 N–H and O–H groups in total. The second kappa shape index (κ2) is 9.15. The molecule has 1 aliphatic heterocycles. The van der Waals surface area contributed by atoms with Crippen LogP contribution in [0.4, 0.5) is 0 Å². The predicted molar refractivity (Wildman–Crippen MR) is 123 cm³/mol. The summed E-state index contributed by atoms with van der Waals surface area (Å²) in [6.07, 6.45) is 4.13. The van der Waals surface area contributed by atoms with Crippen LogP contribution in [-0.4, -0.2) is 56.0 Å². The number of hydrogen-bond acceptors (Lipinski definition) is 4. The van der Waals surface area contributed by atoms with Crippen LogP contribution in [-0.2, 0) is 15.1 Å². The number of hydrogen-bond donors (Lipinski definition) is 0. The van der Waals surface area contributed by atoms with E-state index in [9.17, 15) is 4.79 Å². The molecule has 160 valence electrons. The lowest BCUT2D eigenvalue weighted by Gasteiger charge is -2.56. The topological polar surface area (TPSA) is 32.8 Å². The molecular weight excluding hydrogens is 372 g/mol. The summed E-state index contributed by atoms with van der Waals surface area (Å²) in [6.45, 7) is 6.11. The van der Waals surface area contributed by atoms with E-state index < -0.39 is 5.60 Å². The summed E-state index contributed by atoms with van der Waals surface area (Å²) in [5, 5.41) is 0. The van der Waals surface area contributed by atoms with E-state index in [2.05, 4.69) is 56.9 Å². The van der Waals surface area contributed by atoms with Crippen molar-refractivity contribution in [3.8, 4) is 0 Å². The molecule has 2 aromatic carbocycles. The molecule has 3 atom stereocenters. The Bertz CT molecular complexity index is 865. The van der Waals surface area contributed by atoms with Gasteiger partial charge in [-0.05, 0) is 45.3 Å². The summed E-state index contributed by atoms with van der Waals surface area (Å²) in [6, 6.07) is 20.4. The summed E-state index contributed by atoms with van der Waals surface area (Å²) in [7, 11) is 6.32. The van der Waals surface area contributed by atoms with Crippen LogP contribution < -0.4 is 0 Å². The van der Waals surface area contributed by atoms with Crippen LogP contribution >= 0.6 is 0 Å². The van der Waals surface area contributed by atoms with Crippen LogP contribution in [0.25, 0.3) is 6.08 Å². The van der Waals surface area contributed by atoms with Crippen LogP contribution in [0, 0.1) is 5.41 Å². The van der Waals surface area contributed by atoms with Gasteiger partial charge in [-0.1, -0.05) is 67.6 Å². The zero-order chi connectivity index (χ0) is 21.8. The highest BCUT2D eigenvalue weighted by atomic mass is 16.6. The van der Waals surface area contributed by atoms with Crippen molar-refractivity contribution in [2.45, 2.75) is 31.9 Å². The molecule has 1 saturated heterocycles. The molecule has 0 aliphatic carbocycles. The lowest BCUT2D eigenvalue weighted by atomic mass is 9.63. The van der Waals surface area contributed by atoms with Gasteiger partial charge in [-0.25, -0.2) is 4.79 Å². The van der Waals surface area contributed by atoms with Gasteiger partial charge in [0.2, 0.25) is 0 Å². The minimum absolute atomic E-state index is 0.268. The molecule has 0 radical (unpaired) electrons. The summed E-state index contributed by atoms with van der Waals surface area (Å²) in [4.78, 5) is 17.7. The summed E-state index contributed by atoms with van der Waals surface area (Å²) < 4.78 is 6.44. The number of esters is 1. The molecule has 0 aromatic heterocycles. The van der Waals surface area contributed by atoms with Gasteiger partial charge in [-0.3, -0.25) is 0 Å². The molecular formula is C26H34N2O2. The number of rotatable bonds is 6. The number of ether oxygens (including phenoxy) is 1. The first-order valence-corrected chi connectivity index (χ1v) is 10.6. The molecule has 0 saturated carbocycles. The van der Waals surface area contributed by atoms with Crippen molar-refractivity contribution in [3.63, 3.8) is 0 Å². The van der Waals surface area contributed by atoms with Crippen molar-refractivity contribution in [1.29, 1.82) is 0 Å². The Morgan fingerprint density at radius 3 is 2.33 bits per heavy atom. The maximum absolute atomic E-state index is 13.1. The van der Waals surface area contributed by atoms with Crippen LogP contribution in [0.5, 0.6) is 0 Å². The lowest BCUT2D eigenvalue weighted by molar-refractivity contribution is -0.195. The van der Waals surface area contributed by atoms with Crippen molar-refractivity contribution in [2.24, 2.45) is 5.41 Å². The summed E-state index contributed by atoms with van der Waals surface area (Å²) in [5.74, 6) is -0.301. The van der Waals surface area contributed by atoms with Crippen molar-refractivity contribution < 1.29 is 9.53 Å². The monoisotopic (exact) mass is 406 g/mol. The first kappa shape index (κ1) is 22.3. The Morgan fingerprint density at radius 2 is 1.73 bits per heavy atom. The van der Waals surface area contributed by atoms with E-state index in [1.54, 1.807) is 6.08 Å². The third-order valence-electron chi connectivity index (χ3n) is 6.30. The number of piperidine rings is 1. The molecule has 0 spiro atoms. The second-order valence-corrected chi connectivity index (χ2v) is 9.12. The fraction of sp³-hybridized carbons (Fsp3) is 0.423. The molecule has 1 fully saturated rings. The Balaban J connectivity index is 2.01. The van der Waals surface area contributed by atoms with E-state index in [1.807, 2.05) is 54.6 Å². The van der Waals surface area contributed by atoms with Crippen molar-refractivity contribution >= 4 is 12.0 Å². The summed E-state index contributed by atoms with van der Waals surface area (Å²) >= 11 is 0. The van der Waals surface area contributed by atoms with E-state index >= 15 is 0 Å². The molecule has 4 nitrogen and oxygen atoms in total. The number of benzene rings is 2. The van der Waals surface area contributed by atoms with E-state index in [4.69, 9.17) is 4.74 Å². The van der Waals surface area contributed by atoms with Crippen LogP contribution in [0.15, 0.2) is 66.7 Å². The zero-order valence-electron chi connectivity index (χ0n) is 18.8. The van der Waals surface area contributed by atoms with Gasteiger partial charge in [-0.2, -0.15) is 0 Å². The predicted octanol–water partition coefficient (Wildman–Crippen LogP) is 4.43. The van der Waals surface area contributed by atoms with Gasteiger partial charge < -0.3 is 14.5 Å².